The standard InChI is InChI=1S/C17H17ClO/c1-3-13-19-17(18,15-10-5-4-6-11-15)16-12-8-7-9-14(16)2/h3-12H,1,13H2,2H3. The number of hydrogen-bond donors (Lipinski definition) is 0. The maximum absolute atomic E-state index is 6.80. The van der Waals surface area contributed by atoms with E-state index in [1.165, 1.54) is 0 Å². The highest BCUT2D eigenvalue weighted by molar-refractivity contribution is 6.25. The smallest absolute Gasteiger partial charge is 0.193 e. The minimum absolute atomic E-state index is 0.396. The van der Waals surface area contributed by atoms with Crippen LogP contribution in [0.25, 0.3) is 0 Å². The third kappa shape index (κ3) is 2.89. The summed E-state index contributed by atoms with van der Waals surface area (Å²) < 4.78 is 5.88. The van der Waals surface area contributed by atoms with Gasteiger partial charge in [-0.2, -0.15) is 0 Å². The van der Waals surface area contributed by atoms with Crippen LogP contribution in [0.2, 0.25) is 0 Å². The molecule has 19 heavy (non-hydrogen) atoms. The van der Waals surface area contributed by atoms with Gasteiger partial charge < -0.3 is 4.74 Å². The minimum atomic E-state index is -0.971. The average Bonchev–Trinajstić information content (AvgIpc) is 2.46. The Morgan fingerprint density at radius 2 is 1.74 bits per heavy atom. The van der Waals surface area contributed by atoms with Gasteiger partial charge in [-0.15, -0.1) is 6.58 Å². The molecule has 0 saturated heterocycles. The quantitative estimate of drug-likeness (QED) is 0.569. The Balaban J connectivity index is 2.52. The van der Waals surface area contributed by atoms with E-state index < -0.39 is 5.06 Å². The Kier molecular flexibility index (Phi) is 4.41. The molecular formula is C17H17ClO. The maximum Gasteiger partial charge on any atom is 0.193 e. The molecular weight excluding hydrogens is 256 g/mol. The van der Waals surface area contributed by atoms with Crippen LogP contribution < -0.4 is 0 Å². The largest absolute Gasteiger partial charge is 0.347 e. The molecule has 0 radical (unpaired) electrons. The van der Waals surface area contributed by atoms with Crippen LogP contribution >= 0.6 is 11.6 Å². The summed E-state index contributed by atoms with van der Waals surface area (Å²) in [6.07, 6.45) is 1.71. The van der Waals surface area contributed by atoms with Crippen molar-refractivity contribution in [2.24, 2.45) is 0 Å². The van der Waals surface area contributed by atoms with E-state index in [2.05, 4.69) is 6.58 Å². The number of benzene rings is 2. The molecule has 0 spiro atoms. The van der Waals surface area contributed by atoms with Gasteiger partial charge in [-0.25, -0.2) is 0 Å². The van der Waals surface area contributed by atoms with Gasteiger partial charge in [-0.1, -0.05) is 72.3 Å². The monoisotopic (exact) mass is 272 g/mol. The lowest BCUT2D eigenvalue weighted by Gasteiger charge is -2.29. The van der Waals surface area contributed by atoms with Crippen LogP contribution in [0, 0.1) is 6.92 Å². The predicted octanol–water partition coefficient (Wildman–Crippen LogP) is 4.64. The molecule has 0 heterocycles. The first-order valence-electron chi connectivity index (χ1n) is 6.24. The van der Waals surface area contributed by atoms with Gasteiger partial charge in [0.05, 0.1) is 6.61 Å². The summed E-state index contributed by atoms with van der Waals surface area (Å²) in [5.74, 6) is 0. The molecule has 0 aliphatic heterocycles. The summed E-state index contributed by atoms with van der Waals surface area (Å²) >= 11 is 6.80. The van der Waals surface area contributed by atoms with Crippen molar-refractivity contribution in [2.75, 3.05) is 6.61 Å². The fourth-order valence-electron chi connectivity index (χ4n) is 2.08. The topological polar surface area (TPSA) is 9.23 Å². The molecule has 0 saturated carbocycles. The molecule has 0 fully saturated rings. The third-order valence-corrected chi connectivity index (χ3v) is 3.57. The first kappa shape index (κ1) is 13.9. The highest BCUT2D eigenvalue weighted by atomic mass is 35.5. The Labute approximate surface area is 119 Å². The van der Waals surface area contributed by atoms with Crippen LogP contribution in [0.3, 0.4) is 0 Å². The van der Waals surface area contributed by atoms with Crippen molar-refractivity contribution in [2.45, 2.75) is 12.0 Å². The molecule has 2 heteroatoms. The Morgan fingerprint density at radius 1 is 1.11 bits per heavy atom. The van der Waals surface area contributed by atoms with Crippen molar-refractivity contribution in [3.05, 3.63) is 83.9 Å². The van der Waals surface area contributed by atoms with Crippen LogP contribution in [0.1, 0.15) is 16.7 Å². The molecule has 0 N–H and O–H groups in total. The van der Waals surface area contributed by atoms with Crippen LogP contribution in [0.4, 0.5) is 0 Å². The molecule has 0 amide bonds. The Morgan fingerprint density at radius 3 is 2.37 bits per heavy atom. The summed E-state index contributed by atoms with van der Waals surface area (Å²) in [5.41, 5.74) is 2.99. The number of alkyl halides is 1. The number of ether oxygens (including phenoxy) is 1. The first-order chi connectivity index (χ1) is 9.18. The zero-order valence-corrected chi connectivity index (χ0v) is 11.7. The van der Waals surface area contributed by atoms with Gasteiger partial charge in [-0.3, -0.25) is 0 Å². The number of rotatable bonds is 5. The minimum Gasteiger partial charge on any atom is -0.347 e. The van der Waals surface area contributed by atoms with Crippen molar-refractivity contribution in [1.29, 1.82) is 0 Å². The summed E-state index contributed by atoms with van der Waals surface area (Å²) in [7, 11) is 0. The normalized spacial score (nSPS) is 13.8. The molecule has 2 rings (SSSR count). The molecule has 0 bridgehead atoms. The molecule has 98 valence electrons. The molecule has 2 aromatic rings. The highest BCUT2D eigenvalue weighted by Crippen LogP contribution is 2.39. The summed E-state index contributed by atoms with van der Waals surface area (Å²) in [4.78, 5) is 0. The van der Waals surface area contributed by atoms with Crippen LogP contribution in [0.5, 0.6) is 0 Å². The van der Waals surface area contributed by atoms with E-state index in [1.54, 1.807) is 6.08 Å². The van der Waals surface area contributed by atoms with Gasteiger partial charge in [0.2, 0.25) is 0 Å². The highest BCUT2D eigenvalue weighted by Gasteiger charge is 2.33. The second-order valence-electron chi connectivity index (χ2n) is 4.38. The summed E-state index contributed by atoms with van der Waals surface area (Å²) in [6, 6.07) is 17.8. The Bertz CT molecular complexity index is 550. The molecule has 1 nitrogen and oxygen atoms in total. The van der Waals surface area contributed by atoms with Crippen LogP contribution in [-0.2, 0) is 9.80 Å². The van der Waals surface area contributed by atoms with Gasteiger partial charge in [-0.05, 0) is 12.5 Å². The second kappa shape index (κ2) is 6.05. The zero-order valence-electron chi connectivity index (χ0n) is 11.0. The predicted molar refractivity (Wildman–Crippen MR) is 80.4 cm³/mol. The van der Waals surface area contributed by atoms with E-state index in [-0.39, 0.29) is 0 Å². The van der Waals surface area contributed by atoms with Crippen molar-refractivity contribution in [1.82, 2.24) is 0 Å². The van der Waals surface area contributed by atoms with E-state index in [9.17, 15) is 0 Å². The van der Waals surface area contributed by atoms with E-state index in [4.69, 9.17) is 16.3 Å². The number of hydrogen-bond acceptors (Lipinski definition) is 1. The molecule has 0 aliphatic carbocycles. The zero-order chi connectivity index (χ0) is 13.7. The van der Waals surface area contributed by atoms with Crippen molar-refractivity contribution < 1.29 is 4.74 Å². The lowest BCUT2D eigenvalue weighted by molar-refractivity contribution is 0.0672. The van der Waals surface area contributed by atoms with Gasteiger partial charge >= 0.3 is 0 Å². The summed E-state index contributed by atoms with van der Waals surface area (Å²) in [6.45, 7) is 6.12. The molecule has 2 aromatic carbocycles. The number of aryl methyl sites for hydroxylation is 1. The van der Waals surface area contributed by atoms with Gasteiger partial charge in [0.1, 0.15) is 0 Å². The number of halogens is 1. The maximum atomic E-state index is 6.80. The van der Waals surface area contributed by atoms with E-state index in [0.29, 0.717) is 6.61 Å². The summed E-state index contributed by atoms with van der Waals surface area (Å²) in [5, 5.41) is -0.971. The lowest BCUT2D eigenvalue weighted by atomic mass is 9.96. The van der Waals surface area contributed by atoms with Gasteiger partial charge in [0, 0.05) is 11.1 Å². The molecule has 1 atom stereocenters. The third-order valence-electron chi connectivity index (χ3n) is 3.04. The lowest BCUT2D eigenvalue weighted by Crippen LogP contribution is -2.25. The Hall–Kier alpha value is -1.57. The van der Waals surface area contributed by atoms with Crippen molar-refractivity contribution in [3.63, 3.8) is 0 Å². The van der Waals surface area contributed by atoms with Gasteiger partial charge in [0.25, 0.3) is 0 Å². The van der Waals surface area contributed by atoms with E-state index in [0.717, 1.165) is 16.7 Å². The van der Waals surface area contributed by atoms with Crippen LogP contribution in [0.15, 0.2) is 67.3 Å². The van der Waals surface area contributed by atoms with Gasteiger partial charge in [0.15, 0.2) is 5.06 Å². The molecule has 0 aliphatic rings. The van der Waals surface area contributed by atoms with Crippen molar-refractivity contribution >= 4 is 11.6 Å². The first-order valence-corrected chi connectivity index (χ1v) is 6.61. The second-order valence-corrected chi connectivity index (χ2v) is 4.91. The van der Waals surface area contributed by atoms with E-state index >= 15 is 0 Å². The van der Waals surface area contributed by atoms with E-state index in [1.807, 2.05) is 61.5 Å². The molecule has 1 unspecified atom stereocenters. The fraction of sp³-hybridized carbons (Fsp3) is 0.176. The average molecular weight is 273 g/mol. The van der Waals surface area contributed by atoms with Crippen LogP contribution in [-0.4, -0.2) is 6.61 Å². The molecule has 0 aromatic heterocycles. The SMILES string of the molecule is C=CCOC(Cl)(c1ccccc1)c1ccccc1C. The van der Waals surface area contributed by atoms with Crippen molar-refractivity contribution in [3.8, 4) is 0 Å². The fourth-order valence-corrected chi connectivity index (χ4v) is 2.48.